The van der Waals surface area contributed by atoms with E-state index in [9.17, 15) is 0 Å². The van der Waals surface area contributed by atoms with Gasteiger partial charge in [-0.3, -0.25) is 0 Å². The number of nitrogens with zero attached hydrogens (tertiary/aromatic N) is 2. The minimum Gasteiger partial charge on any atom is -0.455 e. The fourth-order valence-electron chi connectivity index (χ4n) is 9.84. The van der Waals surface area contributed by atoms with E-state index in [1.165, 1.54) is 38.6 Å². The lowest BCUT2D eigenvalue weighted by Gasteiger charge is -2.22. The van der Waals surface area contributed by atoms with Gasteiger partial charge in [0.2, 0.25) is 0 Å². The summed E-state index contributed by atoms with van der Waals surface area (Å²) in [6.07, 6.45) is 0. The highest BCUT2D eigenvalue weighted by Gasteiger charge is 2.37. The number of para-hydroxylation sites is 2. The number of benzene rings is 9. The van der Waals surface area contributed by atoms with Crippen LogP contribution >= 0.6 is 0 Å². The maximum atomic E-state index is 6.41. The van der Waals surface area contributed by atoms with Crippen molar-refractivity contribution in [1.82, 2.24) is 9.97 Å². The van der Waals surface area contributed by atoms with Crippen molar-refractivity contribution >= 4 is 32.7 Å². The summed E-state index contributed by atoms with van der Waals surface area (Å²) in [5.41, 5.74) is 18.5. The topological polar surface area (TPSA) is 38.9 Å². The largest absolute Gasteiger partial charge is 0.455 e. The molecule has 1 aliphatic carbocycles. The van der Waals surface area contributed by atoms with Crippen LogP contribution in [0.15, 0.2) is 211 Å². The number of furan rings is 1. The standard InChI is InChI=1S/C59H40N2O/c1-59(2)51-28-15-26-48(56(51)50-34-40-18-6-7-19-41(40)35-52(50)59)44-21-9-11-23-46(44)54-36-53(60-58(61-54)39-16-4-3-5-17-39)45-22-10-8-20-42(45)37-30-32-38(33-31-37)43-25-14-27-49-47-24-12-13-29-55(47)62-57(43)49/h3-36H,1-2H3. The highest BCUT2D eigenvalue weighted by Crippen LogP contribution is 2.54. The van der Waals surface area contributed by atoms with Gasteiger partial charge in [0.15, 0.2) is 5.82 Å². The first-order valence-electron chi connectivity index (χ1n) is 21.3. The molecule has 0 fully saturated rings. The maximum absolute atomic E-state index is 6.41. The van der Waals surface area contributed by atoms with E-state index in [1.807, 2.05) is 18.2 Å². The molecule has 1 aliphatic rings. The Labute approximate surface area is 360 Å². The molecule has 0 bridgehead atoms. The van der Waals surface area contributed by atoms with Gasteiger partial charge in [0.1, 0.15) is 11.2 Å². The molecule has 2 aromatic heterocycles. The van der Waals surface area contributed by atoms with Crippen molar-refractivity contribution in [2.24, 2.45) is 0 Å². The Hall–Kier alpha value is -7.88. The molecule has 0 radical (unpaired) electrons. The molecule has 62 heavy (non-hydrogen) atoms. The Kier molecular flexibility index (Phi) is 8.20. The number of rotatable bonds is 6. The molecule has 2 heterocycles. The number of hydrogen-bond donors (Lipinski definition) is 0. The van der Waals surface area contributed by atoms with Crippen molar-refractivity contribution in [3.63, 3.8) is 0 Å². The summed E-state index contributed by atoms with van der Waals surface area (Å²) in [6, 6.07) is 73.6. The van der Waals surface area contributed by atoms with Crippen LogP contribution in [0.3, 0.4) is 0 Å². The normalized spacial score (nSPS) is 12.8. The molecule has 0 unspecified atom stereocenters. The van der Waals surface area contributed by atoms with Crippen LogP contribution in [-0.2, 0) is 5.41 Å². The molecule has 9 aromatic carbocycles. The molecule has 0 spiro atoms. The third-order valence-electron chi connectivity index (χ3n) is 12.9. The summed E-state index contributed by atoms with van der Waals surface area (Å²) in [4.78, 5) is 10.7. The van der Waals surface area contributed by atoms with Crippen molar-refractivity contribution in [3.8, 4) is 78.4 Å². The van der Waals surface area contributed by atoms with Crippen molar-refractivity contribution in [3.05, 3.63) is 217 Å². The molecule has 0 atom stereocenters. The quantitative estimate of drug-likeness (QED) is 0.168. The van der Waals surface area contributed by atoms with Gasteiger partial charge in [-0.1, -0.05) is 196 Å². The summed E-state index contributed by atoms with van der Waals surface area (Å²) >= 11 is 0. The van der Waals surface area contributed by atoms with Gasteiger partial charge in [0.05, 0.1) is 11.4 Å². The lowest BCUT2D eigenvalue weighted by atomic mass is 9.81. The van der Waals surface area contributed by atoms with Gasteiger partial charge < -0.3 is 4.42 Å². The lowest BCUT2D eigenvalue weighted by Crippen LogP contribution is -2.14. The van der Waals surface area contributed by atoms with Gasteiger partial charge in [0, 0.05) is 38.4 Å². The zero-order valence-corrected chi connectivity index (χ0v) is 34.4. The van der Waals surface area contributed by atoms with Crippen LogP contribution in [-0.4, -0.2) is 9.97 Å². The Morgan fingerprint density at radius 1 is 0.371 bits per heavy atom. The zero-order chi connectivity index (χ0) is 41.4. The summed E-state index contributed by atoms with van der Waals surface area (Å²) in [6.45, 7) is 4.72. The van der Waals surface area contributed by atoms with Crippen LogP contribution in [0.25, 0.3) is 111 Å². The van der Waals surface area contributed by atoms with E-state index in [-0.39, 0.29) is 5.41 Å². The van der Waals surface area contributed by atoms with Crippen LogP contribution in [0.1, 0.15) is 25.0 Å². The third-order valence-corrected chi connectivity index (χ3v) is 12.9. The van der Waals surface area contributed by atoms with Gasteiger partial charge in [-0.05, 0) is 85.1 Å². The van der Waals surface area contributed by atoms with E-state index in [1.54, 1.807) is 0 Å². The van der Waals surface area contributed by atoms with Crippen LogP contribution in [0.2, 0.25) is 0 Å². The molecular weight excluding hydrogens is 753 g/mol. The second-order valence-corrected chi connectivity index (χ2v) is 16.9. The predicted molar refractivity (Wildman–Crippen MR) is 257 cm³/mol. The highest BCUT2D eigenvalue weighted by molar-refractivity contribution is 6.09. The minimum atomic E-state index is -0.148. The summed E-state index contributed by atoms with van der Waals surface area (Å²) in [7, 11) is 0. The number of fused-ring (bicyclic) bond motifs is 7. The van der Waals surface area contributed by atoms with Gasteiger partial charge in [-0.2, -0.15) is 0 Å². The summed E-state index contributed by atoms with van der Waals surface area (Å²) in [5, 5.41) is 4.78. The average Bonchev–Trinajstić information content (AvgIpc) is 3.82. The molecule has 0 amide bonds. The van der Waals surface area contributed by atoms with Crippen LogP contribution in [0.5, 0.6) is 0 Å². The average molecular weight is 793 g/mol. The Morgan fingerprint density at radius 2 is 0.919 bits per heavy atom. The number of aromatic nitrogens is 2. The first kappa shape index (κ1) is 36.0. The van der Waals surface area contributed by atoms with Gasteiger partial charge in [-0.25, -0.2) is 9.97 Å². The summed E-state index contributed by atoms with van der Waals surface area (Å²) in [5.74, 6) is 0.688. The molecule has 0 saturated carbocycles. The van der Waals surface area contributed by atoms with E-state index < -0.39 is 0 Å². The van der Waals surface area contributed by atoms with Crippen molar-refractivity contribution in [2.45, 2.75) is 19.3 Å². The second-order valence-electron chi connectivity index (χ2n) is 16.9. The van der Waals surface area contributed by atoms with Crippen molar-refractivity contribution in [2.75, 3.05) is 0 Å². The van der Waals surface area contributed by atoms with E-state index in [0.717, 1.165) is 77.8 Å². The molecule has 3 heteroatoms. The molecule has 11 aromatic rings. The monoisotopic (exact) mass is 792 g/mol. The SMILES string of the molecule is CC1(C)c2cc3ccccc3cc2-c2c(-c3ccccc3-c3cc(-c4ccccc4-c4ccc(-c5cccc6c5oc5ccccc56)cc4)nc(-c4ccccc4)n3)cccc21. The zero-order valence-electron chi connectivity index (χ0n) is 34.4. The molecule has 0 N–H and O–H groups in total. The molecular formula is C59H40N2O. The van der Waals surface area contributed by atoms with Crippen LogP contribution in [0, 0.1) is 0 Å². The number of hydrogen-bond acceptors (Lipinski definition) is 3. The molecule has 0 saturated heterocycles. The van der Waals surface area contributed by atoms with E-state index in [2.05, 4.69) is 202 Å². The Morgan fingerprint density at radius 3 is 1.68 bits per heavy atom. The Balaban J connectivity index is 1.00. The predicted octanol–water partition coefficient (Wildman–Crippen LogP) is 15.8. The fraction of sp³-hybridized carbons (Fsp3) is 0.0508. The maximum Gasteiger partial charge on any atom is 0.160 e. The molecule has 292 valence electrons. The van der Waals surface area contributed by atoms with Crippen LogP contribution < -0.4 is 0 Å². The lowest BCUT2D eigenvalue weighted by molar-refractivity contribution is 0.661. The fourth-order valence-corrected chi connectivity index (χ4v) is 9.84. The smallest absolute Gasteiger partial charge is 0.160 e. The van der Waals surface area contributed by atoms with Crippen molar-refractivity contribution < 1.29 is 4.42 Å². The second kappa shape index (κ2) is 14.1. The van der Waals surface area contributed by atoms with E-state index >= 15 is 0 Å². The van der Waals surface area contributed by atoms with Gasteiger partial charge >= 0.3 is 0 Å². The van der Waals surface area contributed by atoms with Gasteiger partial charge in [0.25, 0.3) is 0 Å². The highest BCUT2D eigenvalue weighted by atomic mass is 16.3. The molecule has 12 rings (SSSR count). The molecule has 3 nitrogen and oxygen atoms in total. The van der Waals surface area contributed by atoms with Crippen LogP contribution in [0.4, 0.5) is 0 Å². The summed E-state index contributed by atoms with van der Waals surface area (Å²) < 4.78 is 6.41. The van der Waals surface area contributed by atoms with E-state index in [4.69, 9.17) is 14.4 Å². The first-order valence-corrected chi connectivity index (χ1v) is 21.3. The Bertz CT molecular complexity index is 3540. The molecule has 0 aliphatic heterocycles. The first-order chi connectivity index (χ1) is 30.5. The van der Waals surface area contributed by atoms with E-state index in [0.29, 0.717) is 5.82 Å². The third kappa shape index (κ3) is 5.73. The minimum absolute atomic E-state index is 0.148. The van der Waals surface area contributed by atoms with Gasteiger partial charge in [-0.15, -0.1) is 0 Å². The van der Waals surface area contributed by atoms with Crippen molar-refractivity contribution in [1.29, 1.82) is 0 Å².